The first-order valence-electron chi connectivity index (χ1n) is 9.81. The molecule has 1 aliphatic heterocycles. The Balaban J connectivity index is 1.43. The Bertz CT molecular complexity index is 1070. The van der Waals surface area contributed by atoms with E-state index in [0.29, 0.717) is 29.6 Å². The predicted molar refractivity (Wildman–Crippen MR) is 104 cm³/mol. The first-order valence-corrected chi connectivity index (χ1v) is 11.3. The van der Waals surface area contributed by atoms with Gasteiger partial charge in [0.25, 0.3) is 5.91 Å². The van der Waals surface area contributed by atoms with Crippen LogP contribution in [0.5, 0.6) is 0 Å². The maximum absolute atomic E-state index is 13.3. The molecule has 5 atom stereocenters. The van der Waals surface area contributed by atoms with E-state index in [1.54, 1.807) is 26.0 Å². The van der Waals surface area contributed by atoms with Crippen LogP contribution in [0.25, 0.3) is 0 Å². The largest absolute Gasteiger partial charge is 0.391 e. The Morgan fingerprint density at radius 2 is 2.07 bits per heavy atom. The second kappa shape index (κ2) is 6.38. The molecule has 1 aromatic heterocycles. The maximum atomic E-state index is 13.3. The highest BCUT2D eigenvalue weighted by Gasteiger charge is 2.61. The summed E-state index contributed by atoms with van der Waals surface area (Å²) in [6.07, 6.45) is 1.20. The lowest BCUT2D eigenvalue weighted by molar-refractivity contribution is 0.0731. The van der Waals surface area contributed by atoms with E-state index in [2.05, 4.69) is 10.5 Å². The summed E-state index contributed by atoms with van der Waals surface area (Å²) in [6.45, 7) is 3.86. The van der Waals surface area contributed by atoms with Crippen LogP contribution in [-0.2, 0) is 10.0 Å². The molecule has 29 heavy (non-hydrogen) atoms. The van der Waals surface area contributed by atoms with E-state index in [9.17, 15) is 18.3 Å². The highest BCUT2D eigenvalue weighted by atomic mass is 32.2. The van der Waals surface area contributed by atoms with E-state index < -0.39 is 22.0 Å². The molecule has 0 radical (unpaired) electrons. The molecular formula is C20H23N3O5S. The molecule has 2 N–H and O–H groups in total. The van der Waals surface area contributed by atoms with Crippen molar-refractivity contribution in [3.05, 3.63) is 41.3 Å². The monoisotopic (exact) mass is 417 g/mol. The van der Waals surface area contributed by atoms with Gasteiger partial charge in [0.2, 0.25) is 10.0 Å². The van der Waals surface area contributed by atoms with E-state index in [1.807, 2.05) is 0 Å². The average Bonchev–Trinajstić information content (AvgIpc) is 3.40. The van der Waals surface area contributed by atoms with Crippen molar-refractivity contribution in [2.75, 3.05) is 11.9 Å². The molecule has 1 aromatic carbocycles. The summed E-state index contributed by atoms with van der Waals surface area (Å²) in [5, 5.41) is 17.1. The van der Waals surface area contributed by atoms with Crippen LogP contribution >= 0.6 is 0 Å². The molecule has 8 nitrogen and oxygen atoms in total. The first kappa shape index (κ1) is 18.8. The zero-order valence-electron chi connectivity index (χ0n) is 16.2. The summed E-state index contributed by atoms with van der Waals surface area (Å²) in [4.78, 5) is 12.8. The van der Waals surface area contributed by atoms with Crippen molar-refractivity contribution in [1.82, 2.24) is 9.46 Å². The fraction of sp³-hybridized carbons (Fsp3) is 0.500. The van der Waals surface area contributed by atoms with Crippen molar-refractivity contribution >= 4 is 21.6 Å². The van der Waals surface area contributed by atoms with E-state index in [1.165, 1.54) is 16.4 Å². The molecule has 2 heterocycles. The number of sulfonamides is 1. The standard InChI is InChI=1S/C20H23N3O5S/c1-10-17(11(2)28-22-10)21-20(25)12-4-3-5-15(7-12)29(26,27)23-9-14-6-13-8-16(14)18(23)19(13)24/h3-5,7,13-14,16,18-19,24H,6,8-9H2,1-2H3,(H,21,25)/t13-,14-,16+,18-,19-/m0/s1. The number of carbonyl (C=O) groups is 1. The molecule has 2 saturated carbocycles. The van der Waals surface area contributed by atoms with Crippen LogP contribution in [-0.4, -0.2) is 47.6 Å². The van der Waals surface area contributed by atoms with Gasteiger partial charge < -0.3 is 14.9 Å². The van der Waals surface area contributed by atoms with Gasteiger partial charge in [0, 0.05) is 12.1 Å². The molecule has 1 saturated heterocycles. The van der Waals surface area contributed by atoms with Crippen molar-refractivity contribution in [3.63, 3.8) is 0 Å². The molecule has 9 heteroatoms. The van der Waals surface area contributed by atoms with E-state index in [-0.39, 0.29) is 28.3 Å². The smallest absolute Gasteiger partial charge is 0.255 e. The van der Waals surface area contributed by atoms with E-state index >= 15 is 0 Å². The van der Waals surface area contributed by atoms with Crippen LogP contribution in [0.2, 0.25) is 0 Å². The minimum absolute atomic E-state index is 0.0702. The van der Waals surface area contributed by atoms with Gasteiger partial charge in [0.1, 0.15) is 11.4 Å². The molecule has 1 amide bonds. The van der Waals surface area contributed by atoms with E-state index in [0.717, 1.165) is 12.8 Å². The summed E-state index contributed by atoms with van der Waals surface area (Å²) in [5.74, 6) is 0.836. The first-order chi connectivity index (χ1) is 13.8. The zero-order chi connectivity index (χ0) is 20.5. The fourth-order valence-electron chi connectivity index (χ4n) is 5.42. The molecule has 154 valence electrons. The summed E-state index contributed by atoms with van der Waals surface area (Å²) < 4.78 is 33.2. The van der Waals surface area contributed by atoms with Gasteiger partial charge in [-0.1, -0.05) is 11.2 Å². The quantitative estimate of drug-likeness (QED) is 0.786. The molecule has 5 rings (SSSR count). The van der Waals surface area contributed by atoms with Gasteiger partial charge >= 0.3 is 0 Å². The zero-order valence-corrected chi connectivity index (χ0v) is 17.0. The molecule has 0 spiro atoms. The third-order valence-electron chi connectivity index (χ3n) is 6.78. The van der Waals surface area contributed by atoms with Gasteiger partial charge in [-0.3, -0.25) is 4.79 Å². The molecule has 3 aliphatic rings. The highest BCUT2D eigenvalue weighted by molar-refractivity contribution is 7.89. The number of aliphatic hydroxyl groups excluding tert-OH is 1. The number of benzene rings is 1. The number of amides is 1. The van der Waals surface area contributed by atoms with Gasteiger partial charge in [-0.05, 0) is 62.6 Å². The number of nitrogens with one attached hydrogen (secondary N) is 1. The number of anilines is 1. The SMILES string of the molecule is Cc1noc(C)c1NC(=O)c1cccc(S(=O)(=O)N2C[C@@H]3C[C@H]4C[C@H]3[C@H]2[C@H]4O)c1. The van der Waals surface area contributed by atoms with Crippen molar-refractivity contribution in [2.45, 2.75) is 43.7 Å². The Kier molecular flexibility index (Phi) is 4.13. The molecule has 2 bridgehead atoms. The minimum Gasteiger partial charge on any atom is -0.391 e. The number of nitrogens with zero attached hydrogens (tertiary/aromatic N) is 2. The number of rotatable bonds is 4. The van der Waals surface area contributed by atoms with Crippen LogP contribution in [0.1, 0.15) is 34.7 Å². The number of aliphatic hydroxyl groups is 1. The average molecular weight is 417 g/mol. The molecule has 3 fully saturated rings. The number of aryl methyl sites for hydroxylation is 2. The lowest BCUT2D eigenvalue weighted by atomic mass is 9.88. The predicted octanol–water partition coefficient (Wildman–Crippen LogP) is 1.93. The number of carbonyl (C=O) groups excluding carboxylic acids is 1. The van der Waals surface area contributed by atoms with Gasteiger partial charge in [-0.25, -0.2) is 8.42 Å². The lowest BCUT2D eigenvalue weighted by Crippen LogP contribution is -2.43. The lowest BCUT2D eigenvalue weighted by Gasteiger charge is -2.28. The van der Waals surface area contributed by atoms with Gasteiger partial charge in [-0.2, -0.15) is 4.31 Å². The fourth-order valence-corrected chi connectivity index (χ4v) is 7.20. The topological polar surface area (TPSA) is 113 Å². The van der Waals surface area contributed by atoms with Crippen LogP contribution in [0.4, 0.5) is 5.69 Å². The summed E-state index contributed by atoms with van der Waals surface area (Å²) >= 11 is 0. The summed E-state index contributed by atoms with van der Waals surface area (Å²) in [6, 6.07) is 5.68. The highest BCUT2D eigenvalue weighted by Crippen LogP contribution is 2.56. The number of aromatic nitrogens is 1. The molecule has 2 aromatic rings. The normalized spacial score (nSPS) is 30.8. The Hall–Kier alpha value is -2.23. The van der Waals surface area contributed by atoms with Crippen LogP contribution in [0, 0.1) is 31.6 Å². The van der Waals surface area contributed by atoms with Crippen molar-refractivity contribution in [1.29, 1.82) is 0 Å². The maximum Gasteiger partial charge on any atom is 0.255 e. The minimum atomic E-state index is -3.80. The van der Waals surface area contributed by atoms with Crippen LogP contribution < -0.4 is 5.32 Å². The Morgan fingerprint density at radius 1 is 1.28 bits per heavy atom. The van der Waals surface area contributed by atoms with Crippen molar-refractivity contribution in [2.24, 2.45) is 17.8 Å². The third kappa shape index (κ3) is 2.75. The molecule has 2 aliphatic carbocycles. The van der Waals surface area contributed by atoms with Gasteiger partial charge in [-0.15, -0.1) is 0 Å². The molecular weight excluding hydrogens is 394 g/mol. The summed E-state index contributed by atoms with van der Waals surface area (Å²) in [7, 11) is -3.80. The molecule has 0 unspecified atom stereocenters. The number of fused-ring (bicyclic) bond motifs is 1. The number of hydrogen-bond donors (Lipinski definition) is 2. The van der Waals surface area contributed by atoms with Crippen molar-refractivity contribution < 1.29 is 22.8 Å². The third-order valence-corrected chi connectivity index (χ3v) is 8.64. The van der Waals surface area contributed by atoms with E-state index in [4.69, 9.17) is 4.52 Å². The Labute approximate surface area is 168 Å². The number of hydrogen-bond acceptors (Lipinski definition) is 6. The second-order valence-electron chi connectivity index (χ2n) is 8.39. The van der Waals surface area contributed by atoms with Crippen molar-refractivity contribution in [3.8, 4) is 0 Å². The van der Waals surface area contributed by atoms with Crippen LogP contribution in [0.15, 0.2) is 33.7 Å². The summed E-state index contributed by atoms with van der Waals surface area (Å²) in [5.41, 5.74) is 1.27. The Morgan fingerprint density at radius 3 is 2.76 bits per heavy atom. The van der Waals surface area contributed by atoms with Gasteiger partial charge in [0.05, 0.1) is 17.0 Å². The second-order valence-corrected chi connectivity index (χ2v) is 10.3. The van der Waals surface area contributed by atoms with Crippen LogP contribution in [0.3, 0.4) is 0 Å². The van der Waals surface area contributed by atoms with Gasteiger partial charge in [0.15, 0.2) is 5.76 Å².